The van der Waals surface area contributed by atoms with E-state index in [2.05, 4.69) is 17.9 Å². The van der Waals surface area contributed by atoms with Crippen molar-refractivity contribution in [2.75, 3.05) is 7.05 Å². The van der Waals surface area contributed by atoms with Gasteiger partial charge in [-0.25, -0.2) is 0 Å². The van der Waals surface area contributed by atoms with Crippen LogP contribution >= 0.6 is 0 Å². The van der Waals surface area contributed by atoms with Gasteiger partial charge in [0.1, 0.15) is 0 Å². The van der Waals surface area contributed by atoms with E-state index in [-0.39, 0.29) is 0 Å². The number of terminal acetylenes is 1. The summed E-state index contributed by atoms with van der Waals surface area (Å²) in [6.07, 6.45) is 9.51. The van der Waals surface area contributed by atoms with Gasteiger partial charge in [-0.1, -0.05) is 18.1 Å². The predicted molar refractivity (Wildman–Crippen MR) is 72.1 cm³/mol. The Hall–Kier alpha value is -1.30. The second kappa shape index (κ2) is 4.12. The first kappa shape index (κ1) is 11.8. The van der Waals surface area contributed by atoms with Gasteiger partial charge in [0.05, 0.1) is 5.60 Å². The Bertz CT molecular complexity index is 488. The minimum atomic E-state index is -0.689. The lowest BCUT2D eigenvalue weighted by molar-refractivity contribution is -0.0493. The van der Waals surface area contributed by atoms with Gasteiger partial charge in [-0.15, -0.1) is 6.42 Å². The molecule has 3 rings (SSSR count). The molecule has 2 fully saturated rings. The molecule has 2 unspecified atom stereocenters. The maximum atomic E-state index is 11.0. The molecule has 0 spiro atoms. The summed E-state index contributed by atoms with van der Waals surface area (Å²) in [4.78, 5) is 2.43. The number of piperidine rings is 1. The molecule has 2 aliphatic heterocycles. The lowest BCUT2D eigenvalue weighted by atomic mass is 9.80. The van der Waals surface area contributed by atoms with Crippen molar-refractivity contribution < 1.29 is 5.11 Å². The lowest BCUT2D eigenvalue weighted by Crippen LogP contribution is -2.47. The van der Waals surface area contributed by atoms with E-state index in [4.69, 9.17) is 6.42 Å². The van der Waals surface area contributed by atoms with Crippen LogP contribution in [0.4, 0.5) is 0 Å². The summed E-state index contributed by atoms with van der Waals surface area (Å²) in [7, 11) is 2.18. The molecule has 2 heteroatoms. The van der Waals surface area contributed by atoms with Crippen molar-refractivity contribution in [3.63, 3.8) is 0 Å². The van der Waals surface area contributed by atoms with Crippen LogP contribution in [0.25, 0.3) is 0 Å². The summed E-state index contributed by atoms with van der Waals surface area (Å²) in [5.74, 6) is 2.65. The molecule has 94 valence electrons. The number of fused-ring (bicyclic) bond motifs is 2. The van der Waals surface area contributed by atoms with Gasteiger partial charge >= 0.3 is 0 Å². The van der Waals surface area contributed by atoms with Gasteiger partial charge in [0.15, 0.2) is 0 Å². The number of rotatable bonds is 1. The molecule has 0 radical (unpaired) electrons. The molecule has 2 heterocycles. The van der Waals surface area contributed by atoms with Gasteiger partial charge in [-0.05, 0) is 50.4 Å². The zero-order valence-electron chi connectivity index (χ0n) is 10.8. The molecule has 0 aliphatic carbocycles. The number of benzene rings is 1. The van der Waals surface area contributed by atoms with E-state index in [1.807, 2.05) is 24.3 Å². The van der Waals surface area contributed by atoms with Gasteiger partial charge in [0, 0.05) is 17.6 Å². The second-order valence-electron chi connectivity index (χ2n) is 5.72. The number of hydrogen-bond acceptors (Lipinski definition) is 2. The third-order valence-electron chi connectivity index (χ3n) is 4.70. The summed E-state index contributed by atoms with van der Waals surface area (Å²) >= 11 is 0. The van der Waals surface area contributed by atoms with Crippen LogP contribution in [-0.4, -0.2) is 29.1 Å². The predicted octanol–water partition coefficient (Wildman–Crippen LogP) is 2.11. The minimum absolute atomic E-state index is 0.517. The van der Waals surface area contributed by atoms with Crippen molar-refractivity contribution in [3.05, 3.63) is 35.4 Å². The molecule has 18 heavy (non-hydrogen) atoms. The highest BCUT2D eigenvalue weighted by atomic mass is 16.3. The average molecular weight is 241 g/mol. The van der Waals surface area contributed by atoms with Crippen molar-refractivity contribution >= 4 is 0 Å². The molecular formula is C16H19NO. The smallest absolute Gasteiger partial charge is 0.0926 e. The summed E-state index contributed by atoms with van der Waals surface area (Å²) in [5.41, 5.74) is 1.15. The van der Waals surface area contributed by atoms with Crippen molar-refractivity contribution in [1.82, 2.24) is 4.90 Å². The van der Waals surface area contributed by atoms with Crippen LogP contribution in [0, 0.1) is 12.3 Å². The van der Waals surface area contributed by atoms with E-state index in [0.717, 1.165) is 24.0 Å². The molecular weight excluding hydrogens is 222 g/mol. The fourth-order valence-corrected chi connectivity index (χ4v) is 3.58. The third kappa shape index (κ3) is 1.75. The highest BCUT2D eigenvalue weighted by molar-refractivity contribution is 5.38. The van der Waals surface area contributed by atoms with Gasteiger partial charge in [0.25, 0.3) is 0 Å². The molecule has 1 aromatic carbocycles. The fourth-order valence-electron chi connectivity index (χ4n) is 3.58. The van der Waals surface area contributed by atoms with E-state index >= 15 is 0 Å². The molecule has 0 aromatic heterocycles. The van der Waals surface area contributed by atoms with Gasteiger partial charge in [-0.3, -0.25) is 0 Å². The van der Waals surface area contributed by atoms with E-state index in [9.17, 15) is 5.11 Å². The fraction of sp³-hybridized carbons (Fsp3) is 0.500. The SMILES string of the molecule is C#Cc1cccc(C2(O)CC3CCC(C2)N3C)c1. The van der Waals surface area contributed by atoms with Gasteiger partial charge in [-0.2, -0.15) is 0 Å². The van der Waals surface area contributed by atoms with E-state index in [0.29, 0.717) is 12.1 Å². The molecule has 1 aromatic rings. The summed E-state index contributed by atoms with van der Waals surface area (Å²) < 4.78 is 0. The van der Waals surface area contributed by atoms with Crippen molar-refractivity contribution in [3.8, 4) is 12.3 Å². The first-order valence-corrected chi connectivity index (χ1v) is 6.64. The molecule has 2 saturated heterocycles. The number of aliphatic hydroxyl groups is 1. The Morgan fingerprint density at radius 1 is 1.33 bits per heavy atom. The molecule has 0 saturated carbocycles. The van der Waals surface area contributed by atoms with Crippen LogP contribution in [0.15, 0.2) is 24.3 Å². The molecule has 2 nitrogen and oxygen atoms in total. The quantitative estimate of drug-likeness (QED) is 0.761. The highest BCUT2D eigenvalue weighted by Gasteiger charge is 2.46. The van der Waals surface area contributed by atoms with Crippen LogP contribution in [0.3, 0.4) is 0 Å². The number of hydrogen-bond donors (Lipinski definition) is 1. The monoisotopic (exact) mass is 241 g/mol. The van der Waals surface area contributed by atoms with Gasteiger partial charge < -0.3 is 10.0 Å². The zero-order valence-corrected chi connectivity index (χ0v) is 10.8. The molecule has 2 aliphatic rings. The van der Waals surface area contributed by atoms with Gasteiger partial charge in [0.2, 0.25) is 0 Å². The van der Waals surface area contributed by atoms with Crippen LogP contribution in [-0.2, 0) is 5.60 Å². The molecule has 2 bridgehead atoms. The first-order chi connectivity index (χ1) is 8.62. The van der Waals surface area contributed by atoms with Crippen molar-refractivity contribution in [2.45, 2.75) is 43.4 Å². The second-order valence-corrected chi connectivity index (χ2v) is 5.72. The molecule has 0 amide bonds. The van der Waals surface area contributed by atoms with E-state index in [1.54, 1.807) is 0 Å². The topological polar surface area (TPSA) is 23.5 Å². The maximum absolute atomic E-state index is 11.0. The average Bonchev–Trinajstić information content (AvgIpc) is 2.63. The zero-order chi connectivity index (χ0) is 12.8. The van der Waals surface area contributed by atoms with Crippen LogP contribution in [0.2, 0.25) is 0 Å². The van der Waals surface area contributed by atoms with Crippen molar-refractivity contribution in [2.24, 2.45) is 0 Å². The Morgan fingerprint density at radius 2 is 2.00 bits per heavy atom. The lowest BCUT2D eigenvalue weighted by Gasteiger charge is -2.42. The third-order valence-corrected chi connectivity index (χ3v) is 4.70. The van der Waals surface area contributed by atoms with E-state index in [1.165, 1.54) is 12.8 Å². The Balaban J connectivity index is 1.94. The number of nitrogens with zero attached hydrogens (tertiary/aromatic N) is 1. The minimum Gasteiger partial charge on any atom is -0.385 e. The standard InChI is InChI=1S/C16H19NO/c1-3-12-5-4-6-13(9-12)16(18)10-14-7-8-15(11-16)17(14)2/h1,4-6,9,14-15,18H,7-8,10-11H2,2H3. The first-order valence-electron chi connectivity index (χ1n) is 6.64. The molecule has 2 atom stereocenters. The highest BCUT2D eigenvalue weighted by Crippen LogP contribution is 2.44. The van der Waals surface area contributed by atoms with Crippen molar-refractivity contribution in [1.29, 1.82) is 0 Å². The normalized spacial score (nSPS) is 35.4. The van der Waals surface area contributed by atoms with Crippen LogP contribution in [0.1, 0.15) is 36.8 Å². The summed E-state index contributed by atoms with van der Waals surface area (Å²) in [6.45, 7) is 0. The Kier molecular flexibility index (Phi) is 2.69. The van der Waals surface area contributed by atoms with Crippen LogP contribution < -0.4 is 0 Å². The summed E-state index contributed by atoms with van der Waals surface area (Å²) in [6, 6.07) is 8.86. The summed E-state index contributed by atoms with van der Waals surface area (Å²) in [5, 5.41) is 11.0. The molecule has 1 N–H and O–H groups in total. The van der Waals surface area contributed by atoms with Crippen LogP contribution in [0.5, 0.6) is 0 Å². The van der Waals surface area contributed by atoms with E-state index < -0.39 is 5.60 Å². The Morgan fingerprint density at radius 3 is 2.61 bits per heavy atom. The maximum Gasteiger partial charge on any atom is 0.0926 e. The largest absolute Gasteiger partial charge is 0.385 e. The Labute approximate surface area is 109 Å².